The van der Waals surface area contributed by atoms with Crippen LogP contribution in [0.1, 0.15) is 18.4 Å². The molecule has 0 spiro atoms. The zero-order valence-electron chi connectivity index (χ0n) is 12.3. The number of carbonyl (C=O) groups is 2. The van der Waals surface area contributed by atoms with Crippen molar-refractivity contribution >= 4 is 11.8 Å². The van der Waals surface area contributed by atoms with Gasteiger partial charge in [0.25, 0.3) is 0 Å². The second kappa shape index (κ2) is 5.25. The number of hydrogen-bond acceptors (Lipinski definition) is 2. The lowest BCUT2D eigenvalue weighted by molar-refractivity contribution is -0.183. The quantitative estimate of drug-likeness (QED) is 0.921. The Morgan fingerprint density at radius 1 is 1.13 bits per heavy atom. The van der Waals surface area contributed by atoms with E-state index in [4.69, 9.17) is 5.73 Å². The van der Waals surface area contributed by atoms with Gasteiger partial charge in [-0.3, -0.25) is 9.59 Å². The molecular formula is C16H17F3N2O2. The van der Waals surface area contributed by atoms with Crippen LogP contribution in [-0.4, -0.2) is 36.0 Å². The van der Waals surface area contributed by atoms with Crippen LogP contribution in [-0.2, 0) is 15.0 Å². The number of alkyl halides is 3. The molecule has 1 aromatic carbocycles. The lowest BCUT2D eigenvalue weighted by Gasteiger charge is -2.24. The molecule has 0 bridgehead atoms. The largest absolute Gasteiger partial charge is 0.394 e. The van der Waals surface area contributed by atoms with Crippen molar-refractivity contribution in [3.8, 4) is 0 Å². The van der Waals surface area contributed by atoms with Crippen LogP contribution < -0.4 is 5.73 Å². The number of nitrogens with zero attached hydrogens (tertiary/aromatic N) is 1. The van der Waals surface area contributed by atoms with E-state index in [-0.39, 0.29) is 12.5 Å². The van der Waals surface area contributed by atoms with E-state index in [1.165, 1.54) is 0 Å². The molecule has 0 unspecified atom stereocenters. The maximum absolute atomic E-state index is 13.1. The third kappa shape index (κ3) is 2.68. The van der Waals surface area contributed by atoms with Crippen LogP contribution in [0.4, 0.5) is 13.2 Å². The Bertz CT molecular complexity index is 626. The molecule has 1 heterocycles. The van der Waals surface area contributed by atoms with E-state index >= 15 is 0 Å². The second-order valence-corrected chi connectivity index (χ2v) is 6.32. The van der Waals surface area contributed by atoms with Crippen molar-refractivity contribution in [3.63, 3.8) is 0 Å². The number of rotatable bonds is 3. The molecule has 7 heteroatoms. The number of benzene rings is 1. The van der Waals surface area contributed by atoms with Gasteiger partial charge in [-0.05, 0) is 18.4 Å². The van der Waals surface area contributed by atoms with E-state index in [1.54, 1.807) is 12.1 Å². The minimum atomic E-state index is -4.54. The number of likely N-dealkylation sites (tertiary alicyclic amines) is 1. The molecule has 3 rings (SSSR count). The molecule has 1 aliphatic heterocycles. The summed E-state index contributed by atoms with van der Waals surface area (Å²) in [5, 5.41) is 0. The van der Waals surface area contributed by atoms with E-state index < -0.39 is 35.9 Å². The van der Waals surface area contributed by atoms with Gasteiger partial charge in [0.1, 0.15) is 0 Å². The van der Waals surface area contributed by atoms with Gasteiger partial charge in [0.15, 0.2) is 0 Å². The fourth-order valence-electron chi connectivity index (χ4n) is 3.40. The highest BCUT2D eigenvalue weighted by Gasteiger charge is 2.58. The lowest BCUT2D eigenvalue weighted by Crippen LogP contribution is -2.39. The summed E-state index contributed by atoms with van der Waals surface area (Å²) in [6.45, 7) is -0.753. The number of hydrogen-bond donors (Lipinski definition) is 1. The second-order valence-electron chi connectivity index (χ2n) is 6.32. The summed E-state index contributed by atoms with van der Waals surface area (Å²) in [6, 6.07) is 9.05. The third-order valence-corrected chi connectivity index (χ3v) is 4.88. The van der Waals surface area contributed by atoms with Crippen LogP contribution in [0, 0.1) is 11.8 Å². The zero-order chi connectivity index (χ0) is 16.8. The predicted octanol–water partition coefficient (Wildman–Crippen LogP) is 1.84. The Morgan fingerprint density at radius 3 is 2.17 bits per heavy atom. The Labute approximate surface area is 131 Å². The van der Waals surface area contributed by atoms with E-state index in [0.717, 1.165) is 10.5 Å². The molecule has 1 saturated heterocycles. The molecule has 2 N–H and O–H groups in total. The molecule has 1 aromatic rings. The van der Waals surface area contributed by atoms with E-state index in [2.05, 4.69) is 0 Å². The molecule has 0 aromatic heterocycles. The smallest absolute Gasteiger partial charge is 0.369 e. The van der Waals surface area contributed by atoms with Gasteiger partial charge in [-0.25, -0.2) is 0 Å². The standard InChI is InChI=1S/C16H17F3N2O2/c17-16(18,19)12-9-21(8-11(12)13(20)22)14(23)15(6-7-15)10-4-2-1-3-5-10/h1-5,11-12H,6-9H2,(H2,20,22)/t11-,12-/m1/s1. The highest BCUT2D eigenvalue weighted by Crippen LogP contribution is 2.51. The summed E-state index contributed by atoms with van der Waals surface area (Å²) >= 11 is 0. The molecule has 23 heavy (non-hydrogen) atoms. The fourth-order valence-corrected chi connectivity index (χ4v) is 3.40. The molecule has 2 fully saturated rings. The Hall–Kier alpha value is -2.05. The van der Waals surface area contributed by atoms with Crippen molar-refractivity contribution in [3.05, 3.63) is 35.9 Å². The van der Waals surface area contributed by atoms with Gasteiger partial charge in [-0.15, -0.1) is 0 Å². The summed E-state index contributed by atoms with van der Waals surface area (Å²) in [5.41, 5.74) is 5.19. The van der Waals surface area contributed by atoms with Gasteiger partial charge < -0.3 is 10.6 Å². The average molecular weight is 326 g/mol. The fraction of sp³-hybridized carbons (Fsp3) is 0.500. The van der Waals surface area contributed by atoms with Crippen molar-refractivity contribution in [2.24, 2.45) is 17.6 Å². The van der Waals surface area contributed by atoms with Crippen LogP contribution >= 0.6 is 0 Å². The van der Waals surface area contributed by atoms with Gasteiger partial charge in [-0.1, -0.05) is 30.3 Å². The van der Waals surface area contributed by atoms with Gasteiger partial charge in [0.05, 0.1) is 17.3 Å². The molecule has 2 amide bonds. The Kier molecular flexibility index (Phi) is 3.61. The zero-order valence-corrected chi connectivity index (χ0v) is 12.3. The number of primary amides is 1. The van der Waals surface area contributed by atoms with Gasteiger partial charge in [0.2, 0.25) is 11.8 Å². The van der Waals surface area contributed by atoms with Crippen LogP contribution in [0.3, 0.4) is 0 Å². The first-order valence-electron chi connectivity index (χ1n) is 7.46. The van der Waals surface area contributed by atoms with E-state index in [1.807, 2.05) is 18.2 Å². The van der Waals surface area contributed by atoms with Crippen molar-refractivity contribution in [2.75, 3.05) is 13.1 Å². The van der Waals surface area contributed by atoms with Crippen molar-refractivity contribution in [1.29, 1.82) is 0 Å². The first-order valence-corrected chi connectivity index (χ1v) is 7.46. The maximum atomic E-state index is 13.1. The summed E-state index contributed by atoms with van der Waals surface area (Å²) < 4.78 is 39.3. The summed E-state index contributed by atoms with van der Waals surface area (Å²) in [7, 11) is 0. The molecule has 0 radical (unpaired) electrons. The Morgan fingerprint density at radius 2 is 1.74 bits per heavy atom. The van der Waals surface area contributed by atoms with Crippen LogP contribution in [0.25, 0.3) is 0 Å². The van der Waals surface area contributed by atoms with Gasteiger partial charge in [0, 0.05) is 13.1 Å². The molecule has 1 aliphatic carbocycles. The third-order valence-electron chi connectivity index (χ3n) is 4.88. The van der Waals surface area contributed by atoms with E-state index in [9.17, 15) is 22.8 Å². The first kappa shape index (κ1) is 15.8. The van der Waals surface area contributed by atoms with Gasteiger partial charge in [-0.2, -0.15) is 13.2 Å². The maximum Gasteiger partial charge on any atom is 0.394 e. The molecule has 1 saturated carbocycles. The summed E-state index contributed by atoms with van der Waals surface area (Å²) in [4.78, 5) is 25.3. The molecule has 2 atom stereocenters. The predicted molar refractivity (Wildman–Crippen MR) is 76.2 cm³/mol. The average Bonchev–Trinajstić information content (AvgIpc) is 3.17. The summed E-state index contributed by atoms with van der Waals surface area (Å²) in [6.07, 6.45) is -3.31. The molecule has 2 aliphatic rings. The van der Waals surface area contributed by atoms with Crippen LogP contribution in [0.15, 0.2) is 30.3 Å². The minimum Gasteiger partial charge on any atom is -0.369 e. The highest BCUT2D eigenvalue weighted by atomic mass is 19.4. The topological polar surface area (TPSA) is 63.4 Å². The minimum absolute atomic E-state index is 0.257. The number of nitrogens with two attached hydrogens (primary N) is 1. The molecular weight excluding hydrogens is 309 g/mol. The van der Waals surface area contributed by atoms with Gasteiger partial charge >= 0.3 is 6.18 Å². The number of halogens is 3. The lowest BCUT2D eigenvalue weighted by atomic mass is 9.94. The number of carbonyl (C=O) groups excluding carboxylic acids is 2. The van der Waals surface area contributed by atoms with Crippen molar-refractivity contribution in [2.45, 2.75) is 24.4 Å². The first-order chi connectivity index (χ1) is 10.8. The SMILES string of the molecule is NC(=O)[C@@H]1CN(C(=O)C2(c3ccccc3)CC2)C[C@H]1C(F)(F)F. The monoisotopic (exact) mass is 326 g/mol. The van der Waals surface area contributed by atoms with Crippen LogP contribution in [0.5, 0.6) is 0 Å². The highest BCUT2D eigenvalue weighted by molar-refractivity contribution is 5.92. The Balaban J connectivity index is 1.83. The molecule has 124 valence electrons. The number of amides is 2. The van der Waals surface area contributed by atoms with E-state index in [0.29, 0.717) is 12.8 Å². The normalized spacial score (nSPS) is 26.1. The summed E-state index contributed by atoms with van der Waals surface area (Å²) in [5.74, 6) is -4.59. The van der Waals surface area contributed by atoms with Crippen molar-refractivity contribution < 1.29 is 22.8 Å². The molecule has 4 nitrogen and oxygen atoms in total. The van der Waals surface area contributed by atoms with Crippen LogP contribution in [0.2, 0.25) is 0 Å². The van der Waals surface area contributed by atoms with Crippen molar-refractivity contribution in [1.82, 2.24) is 4.90 Å².